The summed E-state index contributed by atoms with van der Waals surface area (Å²) in [6.07, 6.45) is 35.6. The van der Waals surface area contributed by atoms with E-state index in [0.717, 1.165) is 35.8 Å². The monoisotopic (exact) mass is 695 g/mol. The van der Waals surface area contributed by atoms with Crippen molar-refractivity contribution in [3.8, 4) is 23.0 Å². The number of unbranched alkanes of at least 4 members (excludes halogenated alkanes) is 20. The van der Waals surface area contributed by atoms with Crippen LogP contribution in [0.3, 0.4) is 0 Å². The van der Waals surface area contributed by atoms with E-state index in [4.69, 9.17) is 18.9 Å². The normalized spacial score (nSPS) is 11.9. The molecular weight excluding hydrogens is 617 g/mol. The van der Waals surface area contributed by atoms with Crippen LogP contribution in [-0.2, 0) is 12.8 Å². The van der Waals surface area contributed by atoms with Gasteiger partial charge in [0.25, 0.3) is 0 Å². The van der Waals surface area contributed by atoms with Gasteiger partial charge in [0.2, 0.25) is 0 Å². The predicted octanol–water partition coefficient (Wildman–Crippen LogP) is 14.4. The van der Waals surface area contributed by atoms with Gasteiger partial charge in [-0.3, -0.25) is 0 Å². The minimum Gasteiger partial charge on any atom is -0.493 e. The van der Waals surface area contributed by atoms with Crippen LogP contribution in [0, 0.1) is 0 Å². The highest BCUT2D eigenvalue weighted by Gasteiger charge is 2.21. The van der Waals surface area contributed by atoms with Crippen molar-refractivity contribution in [2.24, 2.45) is 0 Å². The summed E-state index contributed by atoms with van der Waals surface area (Å²) < 4.78 is 23.0. The highest BCUT2D eigenvalue weighted by atomic mass is 16.5. The van der Waals surface area contributed by atoms with E-state index in [2.05, 4.69) is 38.1 Å². The van der Waals surface area contributed by atoms with Crippen LogP contribution in [0.25, 0.3) is 0 Å². The maximum Gasteiger partial charge on any atom is 0.164 e. The SMILES string of the molecule is CCCCCCCCCCCCCCCc1c(C(CCCCCCC)CCCCCCCc2cccc(OC)c2OC)ccc(OC)c1OC. The highest BCUT2D eigenvalue weighted by molar-refractivity contribution is 5.52. The molecule has 4 nitrogen and oxygen atoms in total. The number of para-hydroxylation sites is 1. The Morgan fingerprint density at radius 1 is 0.420 bits per heavy atom. The largest absolute Gasteiger partial charge is 0.493 e. The lowest BCUT2D eigenvalue weighted by atomic mass is 9.83. The van der Waals surface area contributed by atoms with E-state index in [1.165, 1.54) is 177 Å². The molecule has 2 rings (SSSR count). The van der Waals surface area contributed by atoms with Gasteiger partial charge < -0.3 is 18.9 Å². The average molecular weight is 695 g/mol. The second-order valence-corrected chi connectivity index (χ2v) is 14.7. The molecule has 286 valence electrons. The molecule has 1 unspecified atom stereocenters. The smallest absolute Gasteiger partial charge is 0.164 e. The molecule has 50 heavy (non-hydrogen) atoms. The molecule has 0 aliphatic rings. The molecule has 4 heteroatoms. The number of hydrogen-bond donors (Lipinski definition) is 0. The maximum atomic E-state index is 6.08. The van der Waals surface area contributed by atoms with Crippen molar-refractivity contribution in [1.82, 2.24) is 0 Å². The predicted molar refractivity (Wildman–Crippen MR) is 216 cm³/mol. The fourth-order valence-electron chi connectivity index (χ4n) is 7.80. The summed E-state index contributed by atoms with van der Waals surface area (Å²) in [6, 6.07) is 10.8. The van der Waals surface area contributed by atoms with Crippen LogP contribution in [0.2, 0.25) is 0 Å². The zero-order chi connectivity index (χ0) is 36.1. The lowest BCUT2D eigenvalue weighted by Gasteiger charge is -2.24. The fraction of sp³-hybridized carbons (Fsp3) is 0.739. The molecule has 0 spiro atoms. The van der Waals surface area contributed by atoms with Crippen molar-refractivity contribution >= 4 is 0 Å². The lowest BCUT2D eigenvalue weighted by molar-refractivity contribution is 0.349. The third kappa shape index (κ3) is 17.2. The summed E-state index contributed by atoms with van der Waals surface area (Å²) in [6.45, 7) is 4.61. The first kappa shape index (κ1) is 43.8. The second-order valence-electron chi connectivity index (χ2n) is 14.7. The molecular formula is C46H78O4. The van der Waals surface area contributed by atoms with Gasteiger partial charge in [-0.25, -0.2) is 0 Å². The Hall–Kier alpha value is -2.36. The molecule has 0 fully saturated rings. The van der Waals surface area contributed by atoms with Gasteiger partial charge in [-0.1, -0.05) is 167 Å². The van der Waals surface area contributed by atoms with Gasteiger partial charge in [0, 0.05) is 5.56 Å². The Morgan fingerprint density at radius 2 is 0.860 bits per heavy atom. The molecule has 0 bridgehead atoms. The number of aryl methyl sites for hydroxylation is 1. The first-order valence-corrected chi connectivity index (χ1v) is 21.1. The summed E-state index contributed by atoms with van der Waals surface area (Å²) in [7, 11) is 7.06. The molecule has 0 radical (unpaired) electrons. The number of ether oxygens (including phenoxy) is 4. The molecule has 2 aromatic rings. The zero-order valence-electron chi connectivity index (χ0n) is 33.7. The highest BCUT2D eigenvalue weighted by Crippen LogP contribution is 2.41. The molecule has 0 heterocycles. The van der Waals surface area contributed by atoms with Crippen molar-refractivity contribution in [2.45, 2.75) is 193 Å². The Bertz CT molecular complexity index is 1100. The van der Waals surface area contributed by atoms with Crippen LogP contribution >= 0.6 is 0 Å². The van der Waals surface area contributed by atoms with Gasteiger partial charge in [-0.2, -0.15) is 0 Å². The van der Waals surface area contributed by atoms with E-state index in [0.29, 0.717) is 5.92 Å². The van der Waals surface area contributed by atoms with Gasteiger partial charge in [0.15, 0.2) is 23.0 Å². The zero-order valence-corrected chi connectivity index (χ0v) is 33.7. The van der Waals surface area contributed by atoms with Crippen molar-refractivity contribution in [2.75, 3.05) is 28.4 Å². The van der Waals surface area contributed by atoms with E-state index in [1.54, 1.807) is 21.3 Å². The van der Waals surface area contributed by atoms with E-state index in [1.807, 2.05) is 13.2 Å². The van der Waals surface area contributed by atoms with Crippen molar-refractivity contribution in [1.29, 1.82) is 0 Å². The summed E-state index contributed by atoms with van der Waals surface area (Å²) in [5, 5.41) is 0. The lowest BCUT2D eigenvalue weighted by Crippen LogP contribution is -2.07. The van der Waals surface area contributed by atoms with Gasteiger partial charge >= 0.3 is 0 Å². The molecule has 0 saturated heterocycles. The fourth-order valence-corrected chi connectivity index (χ4v) is 7.80. The third-order valence-corrected chi connectivity index (χ3v) is 10.8. The van der Waals surface area contributed by atoms with Crippen molar-refractivity contribution < 1.29 is 18.9 Å². The van der Waals surface area contributed by atoms with Crippen molar-refractivity contribution in [3.05, 3.63) is 47.0 Å². The standard InChI is InChI=1S/C46H78O4/c1-7-9-11-13-14-15-16-17-18-19-20-25-29-35-42-41(37-38-44(48-4)46(42)50-6)39(31-26-22-12-10-8-2)32-27-23-21-24-28-33-40-34-30-36-43(47-3)45(40)49-5/h30,34,36-39H,7-29,31-33,35H2,1-6H3. The minimum atomic E-state index is 0.592. The Kier molecular flexibility index (Phi) is 25.6. The number of methoxy groups -OCH3 is 4. The number of hydrogen-bond acceptors (Lipinski definition) is 4. The molecule has 0 saturated carbocycles. The first-order valence-electron chi connectivity index (χ1n) is 21.1. The third-order valence-electron chi connectivity index (χ3n) is 10.8. The van der Waals surface area contributed by atoms with Crippen LogP contribution in [0.5, 0.6) is 23.0 Å². The van der Waals surface area contributed by atoms with E-state index >= 15 is 0 Å². The summed E-state index contributed by atoms with van der Waals surface area (Å²) >= 11 is 0. The molecule has 0 aromatic heterocycles. The number of benzene rings is 2. The Balaban J connectivity index is 1.92. The minimum absolute atomic E-state index is 0.592. The van der Waals surface area contributed by atoms with Crippen LogP contribution < -0.4 is 18.9 Å². The average Bonchev–Trinajstić information content (AvgIpc) is 3.14. The number of rotatable bonds is 33. The molecule has 0 amide bonds. The summed E-state index contributed by atoms with van der Waals surface area (Å²) in [5.74, 6) is 4.17. The second kappa shape index (κ2) is 29.2. The van der Waals surface area contributed by atoms with E-state index in [-0.39, 0.29) is 0 Å². The summed E-state index contributed by atoms with van der Waals surface area (Å²) in [4.78, 5) is 0. The molecule has 0 N–H and O–H groups in total. The van der Waals surface area contributed by atoms with Crippen LogP contribution in [-0.4, -0.2) is 28.4 Å². The maximum absolute atomic E-state index is 6.08. The summed E-state index contributed by atoms with van der Waals surface area (Å²) in [5.41, 5.74) is 4.20. The molecule has 0 aliphatic heterocycles. The molecule has 1 atom stereocenters. The van der Waals surface area contributed by atoms with Gasteiger partial charge in [-0.05, 0) is 67.7 Å². The van der Waals surface area contributed by atoms with Crippen LogP contribution in [0.1, 0.15) is 197 Å². The first-order chi connectivity index (χ1) is 24.6. The molecule has 0 aliphatic carbocycles. The topological polar surface area (TPSA) is 36.9 Å². The molecule has 2 aromatic carbocycles. The van der Waals surface area contributed by atoms with Crippen LogP contribution in [0.15, 0.2) is 30.3 Å². The Morgan fingerprint density at radius 3 is 1.34 bits per heavy atom. The van der Waals surface area contributed by atoms with E-state index in [9.17, 15) is 0 Å². The van der Waals surface area contributed by atoms with Gasteiger partial charge in [0.05, 0.1) is 28.4 Å². The van der Waals surface area contributed by atoms with Crippen LogP contribution in [0.4, 0.5) is 0 Å². The van der Waals surface area contributed by atoms with E-state index < -0.39 is 0 Å². The Labute approximate surface area is 309 Å². The van der Waals surface area contributed by atoms with Gasteiger partial charge in [0.1, 0.15) is 0 Å². The van der Waals surface area contributed by atoms with Crippen molar-refractivity contribution in [3.63, 3.8) is 0 Å². The quantitative estimate of drug-likeness (QED) is 0.0697. The van der Waals surface area contributed by atoms with Gasteiger partial charge in [-0.15, -0.1) is 0 Å².